The Bertz CT molecular complexity index is 375. The second-order valence-corrected chi connectivity index (χ2v) is 5.47. The van der Waals surface area contributed by atoms with Crippen LogP contribution >= 0.6 is 11.6 Å². The Balaban J connectivity index is 1.89. The van der Waals surface area contributed by atoms with Crippen molar-refractivity contribution in [2.24, 2.45) is 5.92 Å². The molecule has 0 unspecified atom stereocenters. The number of hydrogen-bond donors (Lipinski definition) is 1. The number of aromatic nitrogens is 2. The fourth-order valence-electron chi connectivity index (χ4n) is 2.71. The average Bonchev–Trinajstić information content (AvgIpc) is 2.86. The van der Waals surface area contributed by atoms with Crippen molar-refractivity contribution in [2.75, 3.05) is 11.9 Å². The molecule has 0 aliphatic heterocycles. The number of nitrogens with zero attached hydrogens (tertiary/aromatic N) is 2. The fourth-order valence-corrected chi connectivity index (χ4v) is 2.94. The summed E-state index contributed by atoms with van der Waals surface area (Å²) in [4.78, 5) is 8.37. The minimum Gasteiger partial charge on any atom is -0.370 e. The van der Waals surface area contributed by atoms with E-state index in [1.54, 1.807) is 6.33 Å². The van der Waals surface area contributed by atoms with Crippen molar-refractivity contribution in [3.8, 4) is 0 Å². The summed E-state index contributed by atoms with van der Waals surface area (Å²) in [5, 5.41) is 4.02. The van der Waals surface area contributed by atoms with Crippen LogP contribution in [0, 0.1) is 5.92 Å². The van der Waals surface area contributed by atoms with Gasteiger partial charge in [-0.25, -0.2) is 9.97 Å². The van der Waals surface area contributed by atoms with Crippen LogP contribution in [0.2, 0.25) is 5.15 Å². The van der Waals surface area contributed by atoms with E-state index in [1.807, 2.05) is 0 Å². The van der Waals surface area contributed by atoms with E-state index in [0.29, 0.717) is 5.15 Å². The molecule has 1 aliphatic carbocycles. The van der Waals surface area contributed by atoms with Crippen LogP contribution in [-0.2, 0) is 6.42 Å². The Morgan fingerprint density at radius 1 is 1.33 bits per heavy atom. The van der Waals surface area contributed by atoms with Gasteiger partial charge in [0.05, 0.1) is 0 Å². The zero-order chi connectivity index (χ0) is 12.8. The van der Waals surface area contributed by atoms with Gasteiger partial charge in [0.1, 0.15) is 17.3 Å². The van der Waals surface area contributed by atoms with Gasteiger partial charge in [0.2, 0.25) is 0 Å². The Labute approximate surface area is 114 Å². The summed E-state index contributed by atoms with van der Waals surface area (Å²) in [6.07, 6.45) is 10.4. The highest BCUT2D eigenvalue weighted by atomic mass is 35.5. The largest absolute Gasteiger partial charge is 0.370 e. The van der Waals surface area contributed by atoms with Gasteiger partial charge in [0, 0.05) is 12.1 Å². The van der Waals surface area contributed by atoms with Crippen molar-refractivity contribution in [1.29, 1.82) is 0 Å². The SMILES string of the molecule is CCCc1c(Cl)ncnc1NCCC1CCCC1. The molecule has 0 radical (unpaired) electrons. The maximum absolute atomic E-state index is 6.12. The molecule has 1 saturated carbocycles. The van der Waals surface area contributed by atoms with E-state index in [4.69, 9.17) is 11.6 Å². The van der Waals surface area contributed by atoms with Gasteiger partial charge in [-0.3, -0.25) is 0 Å². The topological polar surface area (TPSA) is 37.8 Å². The predicted molar refractivity (Wildman–Crippen MR) is 76.1 cm³/mol. The number of nitrogens with one attached hydrogen (secondary N) is 1. The molecule has 0 atom stereocenters. The van der Waals surface area contributed by atoms with Crippen LogP contribution in [0.4, 0.5) is 5.82 Å². The Morgan fingerprint density at radius 2 is 2.11 bits per heavy atom. The molecule has 2 rings (SSSR count). The first kappa shape index (κ1) is 13.6. The lowest BCUT2D eigenvalue weighted by molar-refractivity contribution is 0.518. The van der Waals surface area contributed by atoms with Crippen molar-refractivity contribution >= 4 is 17.4 Å². The van der Waals surface area contributed by atoms with Gasteiger partial charge in [-0.1, -0.05) is 50.6 Å². The maximum atomic E-state index is 6.12. The lowest BCUT2D eigenvalue weighted by atomic mass is 10.0. The van der Waals surface area contributed by atoms with E-state index in [1.165, 1.54) is 32.1 Å². The van der Waals surface area contributed by atoms with Gasteiger partial charge in [-0.15, -0.1) is 0 Å². The van der Waals surface area contributed by atoms with Crippen LogP contribution in [0.1, 0.15) is 51.0 Å². The summed E-state index contributed by atoms with van der Waals surface area (Å²) < 4.78 is 0. The van der Waals surface area contributed by atoms with Gasteiger partial charge in [0.25, 0.3) is 0 Å². The maximum Gasteiger partial charge on any atom is 0.137 e. The molecular weight excluding hydrogens is 246 g/mol. The molecule has 0 amide bonds. The average molecular weight is 268 g/mol. The summed E-state index contributed by atoms with van der Waals surface area (Å²) >= 11 is 6.12. The molecular formula is C14H22ClN3. The first-order valence-corrected chi connectivity index (χ1v) is 7.42. The second-order valence-electron chi connectivity index (χ2n) is 5.11. The summed E-state index contributed by atoms with van der Waals surface area (Å²) in [5.74, 6) is 1.83. The van der Waals surface area contributed by atoms with Crippen LogP contribution < -0.4 is 5.32 Å². The van der Waals surface area contributed by atoms with Crippen LogP contribution in [0.5, 0.6) is 0 Å². The van der Waals surface area contributed by atoms with Crippen molar-refractivity contribution in [3.63, 3.8) is 0 Å². The molecule has 0 bridgehead atoms. The summed E-state index contributed by atoms with van der Waals surface area (Å²) in [6.45, 7) is 3.14. The molecule has 1 fully saturated rings. The Kier molecular flexibility index (Phi) is 5.24. The molecule has 1 aromatic rings. The molecule has 1 aromatic heterocycles. The number of anilines is 1. The first-order chi connectivity index (χ1) is 8.81. The van der Waals surface area contributed by atoms with E-state index in [-0.39, 0.29) is 0 Å². The van der Waals surface area contributed by atoms with Crippen LogP contribution in [0.25, 0.3) is 0 Å². The zero-order valence-electron chi connectivity index (χ0n) is 11.1. The molecule has 0 saturated heterocycles. The summed E-state index contributed by atoms with van der Waals surface area (Å²) in [7, 11) is 0. The van der Waals surface area contributed by atoms with E-state index < -0.39 is 0 Å². The van der Waals surface area contributed by atoms with Crippen LogP contribution in [-0.4, -0.2) is 16.5 Å². The van der Waals surface area contributed by atoms with Gasteiger partial charge in [-0.2, -0.15) is 0 Å². The molecule has 0 aromatic carbocycles. The third-order valence-corrected chi connectivity index (χ3v) is 4.04. The minimum atomic E-state index is 0.593. The quantitative estimate of drug-likeness (QED) is 0.790. The highest BCUT2D eigenvalue weighted by Gasteiger charge is 2.15. The van der Waals surface area contributed by atoms with Gasteiger partial charge >= 0.3 is 0 Å². The monoisotopic (exact) mass is 267 g/mol. The molecule has 4 heteroatoms. The van der Waals surface area contributed by atoms with E-state index in [0.717, 1.165) is 36.7 Å². The zero-order valence-corrected chi connectivity index (χ0v) is 11.8. The highest BCUT2D eigenvalue weighted by Crippen LogP contribution is 2.28. The van der Waals surface area contributed by atoms with E-state index >= 15 is 0 Å². The highest BCUT2D eigenvalue weighted by molar-refractivity contribution is 6.30. The Hall–Kier alpha value is -0.830. The normalized spacial score (nSPS) is 16.1. The van der Waals surface area contributed by atoms with E-state index in [2.05, 4.69) is 22.2 Å². The molecule has 1 aliphatic rings. The van der Waals surface area contributed by atoms with Gasteiger partial charge < -0.3 is 5.32 Å². The molecule has 18 heavy (non-hydrogen) atoms. The van der Waals surface area contributed by atoms with Crippen molar-refractivity contribution in [2.45, 2.75) is 51.9 Å². The van der Waals surface area contributed by atoms with Crippen LogP contribution in [0.3, 0.4) is 0 Å². The fraction of sp³-hybridized carbons (Fsp3) is 0.714. The number of hydrogen-bond acceptors (Lipinski definition) is 3. The minimum absolute atomic E-state index is 0.593. The number of halogens is 1. The summed E-state index contributed by atoms with van der Waals surface area (Å²) in [6, 6.07) is 0. The van der Waals surface area contributed by atoms with Gasteiger partial charge in [-0.05, 0) is 18.8 Å². The van der Waals surface area contributed by atoms with Crippen molar-refractivity contribution in [3.05, 3.63) is 17.0 Å². The van der Waals surface area contributed by atoms with Crippen LogP contribution in [0.15, 0.2) is 6.33 Å². The number of rotatable bonds is 6. The third kappa shape index (κ3) is 3.58. The summed E-state index contributed by atoms with van der Waals surface area (Å²) in [5.41, 5.74) is 1.06. The molecule has 3 nitrogen and oxygen atoms in total. The smallest absolute Gasteiger partial charge is 0.137 e. The van der Waals surface area contributed by atoms with Crippen molar-refractivity contribution in [1.82, 2.24) is 9.97 Å². The molecule has 0 spiro atoms. The molecule has 1 heterocycles. The lowest BCUT2D eigenvalue weighted by Crippen LogP contribution is -2.10. The lowest BCUT2D eigenvalue weighted by Gasteiger charge is -2.13. The second kappa shape index (κ2) is 6.93. The first-order valence-electron chi connectivity index (χ1n) is 7.04. The molecule has 1 N–H and O–H groups in total. The predicted octanol–water partition coefficient (Wildman–Crippen LogP) is 4.07. The molecule has 100 valence electrons. The Morgan fingerprint density at radius 3 is 2.83 bits per heavy atom. The standard InChI is InChI=1S/C14H22ClN3/c1-2-5-12-13(15)17-10-18-14(12)16-9-8-11-6-3-4-7-11/h10-11H,2-9H2,1H3,(H,16,17,18). The van der Waals surface area contributed by atoms with E-state index in [9.17, 15) is 0 Å². The van der Waals surface area contributed by atoms with Gasteiger partial charge in [0.15, 0.2) is 0 Å². The van der Waals surface area contributed by atoms with Crippen molar-refractivity contribution < 1.29 is 0 Å². The third-order valence-electron chi connectivity index (χ3n) is 3.71.